The van der Waals surface area contributed by atoms with E-state index in [1.807, 2.05) is 0 Å². The van der Waals surface area contributed by atoms with Gasteiger partial charge in [-0.2, -0.15) is 0 Å². The number of fused-ring (bicyclic) bond motifs is 4. The van der Waals surface area contributed by atoms with Gasteiger partial charge in [-0.05, 0) is 47.0 Å². The molecule has 13 heteroatoms. The van der Waals surface area contributed by atoms with Crippen LogP contribution < -0.4 is 11.1 Å². The van der Waals surface area contributed by atoms with E-state index >= 15 is 4.39 Å². The molecule has 12 nitrogen and oxygen atoms in total. The van der Waals surface area contributed by atoms with Crippen LogP contribution in [0.25, 0.3) is 5.76 Å². The number of halogens is 1. The maximum absolute atomic E-state index is 16.0. The van der Waals surface area contributed by atoms with Crippen molar-refractivity contribution in [2.24, 2.45) is 17.6 Å². The van der Waals surface area contributed by atoms with Crippen molar-refractivity contribution in [3.63, 3.8) is 0 Å². The number of anilines is 1. The zero-order valence-corrected chi connectivity index (χ0v) is 21.7. The van der Waals surface area contributed by atoms with Gasteiger partial charge in [0.1, 0.15) is 22.9 Å². The molecule has 3 aliphatic carbocycles. The lowest BCUT2D eigenvalue weighted by atomic mass is 9.57. The molecule has 1 fully saturated rings. The monoisotopic (exact) mass is 544 g/mol. The predicted molar refractivity (Wildman–Crippen MR) is 134 cm³/mol. The van der Waals surface area contributed by atoms with E-state index in [9.17, 15) is 39.6 Å². The second-order valence-corrected chi connectivity index (χ2v) is 11.0. The van der Waals surface area contributed by atoms with Crippen molar-refractivity contribution in [1.82, 2.24) is 9.80 Å². The Balaban J connectivity index is 1.73. The predicted octanol–water partition coefficient (Wildman–Crippen LogP) is -0.472. The number of rotatable bonds is 3. The zero-order valence-electron chi connectivity index (χ0n) is 21.7. The largest absolute Gasteiger partial charge is 0.508 e. The van der Waals surface area contributed by atoms with Crippen LogP contribution in [0.4, 0.5) is 10.1 Å². The third-order valence-corrected chi connectivity index (χ3v) is 8.49. The number of ketones is 2. The quantitative estimate of drug-likeness (QED) is 0.214. The number of phenolic OH excluding ortho intramolecular Hbond substituents is 1. The van der Waals surface area contributed by atoms with Gasteiger partial charge in [0.25, 0.3) is 5.91 Å². The Labute approximate surface area is 222 Å². The number of aliphatic hydroxyl groups excluding tert-OH is 2. The lowest BCUT2D eigenvalue weighted by Crippen LogP contribution is -2.65. The molecule has 0 radical (unpaired) electrons. The highest BCUT2D eigenvalue weighted by atomic mass is 19.1. The third-order valence-electron chi connectivity index (χ3n) is 8.49. The lowest BCUT2D eigenvalue weighted by Gasteiger charge is -2.50. The average Bonchev–Trinajstić information content (AvgIpc) is 2.83. The molecule has 0 aromatic heterocycles. The normalized spacial score (nSPS) is 30.2. The number of benzene rings is 1. The van der Waals surface area contributed by atoms with Gasteiger partial charge in [0.05, 0.1) is 23.3 Å². The number of aromatic hydroxyl groups is 1. The van der Waals surface area contributed by atoms with Gasteiger partial charge in [-0.3, -0.25) is 29.0 Å². The number of carbonyl (C=O) groups is 4. The SMILES string of the molecule is CN(C)C1Cc2c(F)c3c(c(O)c2NC1=O)C(O)=C1C(=O)[C@@]2(O)C(O)=C(C(N)=O)C(=O)[C@H](N(C)C)[C@H]2C[C@H]1C3. The third kappa shape index (κ3) is 3.39. The first-order valence-corrected chi connectivity index (χ1v) is 12.3. The molecule has 1 unspecified atom stereocenters. The van der Waals surface area contributed by atoms with E-state index in [2.05, 4.69) is 5.32 Å². The molecule has 0 bridgehead atoms. The fourth-order valence-electron chi connectivity index (χ4n) is 6.63. The Morgan fingerprint density at radius 2 is 1.69 bits per heavy atom. The number of phenols is 1. The summed E-state index contributed by atoms with van der Waals surface area (Å²) in [5.74, 6) is -9.49. The van der Waals surface area contributed by atoms with E-state index in [0.29, 0.717) is 0 Å². The van der Waals surface area contributed by atoms with Crippen LogP contribution in [0.2, 0.25) is 0 Å². The van der Waals surface area contributed by atoms with Crippen LogP contribution in [0.5, 0.6) is 5.75 Å². The van der Waals surface area contributed by atoms with Crippen LogP contribution >= 0.6 is 0 Å². The van der Waals surface area contributed by atoms with Crippen molar-refractivity contribution in [3.05, 3.63) is 39.4 Å². The number of hydrogen-bond donors (Lipinski definition) is 6. The topological polar surface area (TPSA) is 194 Å². The molecular formula is C26H29FN4O8. The summed E-state index contributed by atoms with van der Waals surface area (Å²) in [5, 5.41) is 47.3. The van der Waals surface area contributed by atoms with Crippen LogP contribution in [-0.4, -0.2) is 99.5 Å². The van der Waals surface area contributed by atoms with Crippen molar-refractivity contribution in [2.45, 2.75) is 36.9 Å². The summed E-state index contributed by atoms with van der Waals surface area (Å²) in [4.78, 5) is 54.6. The summed E-state index contributed by atoms with van der Waals surface area (Å²) in [6.07, 6.45) is -0.377. The van der Waals surface area contributed by atoms with Crippen molar-refractivity contribution >= 4 is 34.8 Å². The van der Waals surface area contributed by atoms with Gasteiger partial charge in [-0.1, -0.05) is 0 Å². The first-order chi connectivity index (χ1) is 18.1. The number of aliphatic hydroxyl groups is 3. The first-order valence-electron chi connectivity index (χ1n) is 12.3. The minimum Gasteiger partial charge on any atom is -0.508 e. The molecule has 1 aliphatic heterocycles. The molecule has 208 valence electrons. The Morgan fingerprint density at radius 1 is 1.05 bits per heavy atom. The lowest BCUT2D eigenvalue weighted by molar-refractivity contribution is -0.153. The molecule has 1 saturated carbocycles. The number of carbonyl (C=O) groups excluding carboxylic acids is 4. The molecule has 4 aliphatic rings. The maximum Gasteiger partial charge on any atom is 0.255 e. The zero-order chi connectivity index (χ0) is 28.9. The number of Topliss-reactive ketones (excluding diaryl/α,β-unsaturated/α-hetero) is 2. The summed E-state index contributed by atoms with van der Waals surface area (Å²) in [6, 6.07) is -1.94. The molecule has 0 spiro atoms. The van der Waals surface area contributed by atoms with Gasteiger partial charge in [-0.25, -0.2) is 4.39 Å². The standard InChI is InChI=1S/C26H29FN4O8/c1-30(2)12-7-10-16(27)9-5-8-6-11-18(31(3)4)21(34)15(24(28)37)23(36)26(11,39)22(35)13(8)19(32)14(9)20(33)17(10)29-25(12)38/h8,11-12,18,32-33,36,39H,5-7H2,1-4H3,(H2,28,37)(H,29,38)/t8-,11-,12?,18-,26-/m1/s1. The first kappa shape index (κ1) is 26.8. The fourth-order valence-corrected chi connectivity index (χ4v) is 6.63. The van der Waals surface area contributed by atoms with E-state index in [1.165, 1.54) is 19.0 Å². The molecule has 1 aromatic carbocycles. The number of nitrogens with two attached hydrogens (primary N) is 1. The van der Waals surface area contributed by atoms with Crippen molar-refractivity contribution in [2.75, 3.05) is 33.5 Å². The number of amides is 2. The number of primary amides is 1. The molecule has 2 amide bonds. The fraction of sp³-hybridized carbons (Fsp3) is 0.462. The van der Waals surface area contributed by atoms with E-state index < -0.39 is 92.7 Å². The van der Waals surface area contributed by atoms with Crippen molar-refractivity contribution < 1.29 is 44.0 Å². The summed E-state index contributed by atoms with van der Waals surface area (Å²) in [7, 11) is 6.29. The van der Waals surface area contributed by atoms with Crippen LogP contribution in [0.3, 0.4) is 0 Å². The molecule has 0 saturated heterocycles. The molecule has 1 heterocycles. The minimum absolute atomic E-state index is 0.0457. The Kier molecular flexibility index (Phi) is 5.90. The molecule has 5 rings (SSSR count). The van der Waals surface area contributed by atoms with Crippen molar-refractivity contribution in [1.29, 1.82) is 0 Å². The van der Waals surface area contributed by atoms with Gasteiger partial charge < -0.3 is 31.5 Å². The number of hydrogen-bond acceptors (Lipinski definition) is 10. The highest BCUT2D eigenvalue weighted by molar-refractivity contribution is 6.24. The van der Waals surface area contributed by atoms with Gasteiger partial charge in [0.15, 0.2) is 17.1 Å². The van der Waals surface area contributed by atoms with Crippen molar-refractivity contribution in [3.8, 4) is 5.75 Å². The molecular weight excluding hydrogens is 515 g/mol. The van der Waals surface area contributed by atoms with Crippen LogP contribution in [-0.2, 0) is 32.0 Å². The highest BCUT2D eigenvalue weighted by Gasteiger charge is 2.64. The minimum atomic E-state index is -2.79. The van der Waals surface area contributed by atoms with Crippen LogP contribution in [0.1, 0.15) is 23.1 Å². The van der Waals surface area contributed by atoms with Gasteiger partial charge in [0.2, 0.25) is 11.7 Å². The Bertz CT molecular complexity index is 1450. The smallest absolute Gasteiger partial charge is 0.255 e. The highest BCUT2D eigenvalue weighted by Crippen LogP contribution is 2.54. The van der Waals surface area contributed by atoms with Crippen LogP contribution in [0.15, 0.2) is 16.9 Å². The Hall–Kier alpha value is -3.81. The summed E-state index contributed by atoms with van der Waals surface area (Å²) in [5.41, 5.74) is 0.529. The van der Waals surface area contributed by atoms with E-state index in [1.54, 1.807) is 19.0 Å². The van der Waals surface area contributed by atoms with E-state index in [4.69, 9.17) is 5.73 Å². The van der Waals surface area contributed by atoms with Gasteiger partial charge in [-0.15, -0.1) is 0 Å². The molecule has 39 heavy (non-hydrogen) atoms. The number of nitrogens with zero attached hydrogens (tertiary/aromatic N) is 2. The molecule has 7 N–H and O–H groups in total. The Morgan fingerprint density at radius 3 is 2.26 bits per heavy atom. The van der Waals surface area contributed by atoms with Gasteiger partial charge in [0, 0.05) is 29.0 Å². The summed E-state index contributed by atoms with van der Waals surface area (Å²) >= 11 is 0. The molecule has 5 atom stereocenters. The number of nitrogens with one attached hydrogen (secondary N) is 1. The maximum atomic E-state index is 16.0. The van der Waals surface area contributed by atoms with E-state index in [0.717, 1.165) is 0 Å². The van der Waals surface area contributed by atoms with E-state index in [-0.39, 0.29) is 36.1 Å². The van der Waals surface area contributed by atoms with Gasteiger partial charge >= 0.3 is 0 Å². The second-order valence-electron chi connectivity index (χ2n) is 11.0. The number of likely N-dealkylation sites (N-methyl/N-ethyl adjacent to an activating group) is 2. The summed E-state index contributed by atoms with van der Waals surface area (Å²) in [6.45, 7) is 0. The van der Waals surface area contributed by atoms with Crippen LogP contribution in [0, 0.1) is 17.7 Å². The second kappa shape index (κ2) is 8.60. The summed E-state index contributed by atoms with van der Waals surface area (Å²) < 4.78 is 16.0. The molecule has 1 aromatic rings. The average molecular weight is 545 g/mol.